The van der Waals surface area contributed by atoms with Crippen LogP contribution in [0.25, 0.3) is 0 Å². The highest BCUT2D eigenvalue weighted by Crippen LogP contribution is 2.37. The second kappa shape index (κ2) is 6.44. The third kappa shape index (κ3) is 2.95. The largest absolute Gasteiger partial charge is 0.507 e. The molecule has 2 aromatic rings. The Labute approximate surface area is 148 Å². The molecule has 1 aliphatic rings. The molecule has 0 heterocycles. The third-order valence-electron chi connectivity index (χ3n) is 3.84. The van der Waals surface area contributed by atoms with Gasteiger partial charge in [0.25, 0.3) is 0 Å². The smallest absolute Gasteiger partial charge is 0.308 e. The Bertz CT molecular complexity index is 972. The van der Waals surface area contributed by atoms with Crippen LogP contribution in [0.4, 0.5) is 0 Å². The molecule has 0 unspecified atom stereocenters. The molecular weight excluding hydrogens is 340 g/mol. The van der Waals surface area contributed by atoms with Crippen molar-refractivity contribution in [1.82, 2.24) is 0 Å². The summed E-state index contributed by atoms with van der Waals surface area (Å²) in [7, 11) is 0. The van der Waals surface area contributed by atoms with E-state index in [1.54, 1.807) is 0 Å². The van der Waals surface area contributed by atoms with Crippen LogP contribution in [0.1, 0.15) is 51.3 Å². The number of ether oxygens (including phenoxy) is 2. The van der Waals surface area contributed by atoms with E-state index in [0.29, 0.717) is 5.56 Å². The molecule has 0 spiro atoms. The lowest BCUT2D eigenvalue weighted by atomic mass is 9.82. The fourth-order valence-electron chi connectivity index (χ4n) is 2.84. The summed E-state index contributed by atoms with van der Waals surface area (Å²) < 4.78 is 9.89. The molecule has 0 fully saturated rings. The summed E-state index contributed by atoms with van der Waals surface area (Å²) in [5.74, 6) is -2.72. The SMILES string of the molecule is CC(=O)OCc1cc(O)c2c(c1)C(=O)c1cccc(OC(C)=O)c1C2=O. The molecule has 0 saturated heterocycles. The van der Waals surface area contributed by atoms with Crippen LogP contribution in [0.3, 0.4) is 0 Å². The highest BCUT2D eigenvalue weighted by Gasteiger charge is 2.35. The van der Waals surface area contributed by atoms with E-state index >= 15 is 0 Å². The van der Waals surface area contributed by atoms with Gasteiger partial charge >= 0.3 is 11.9 Å². The van der Waals surface area contributed by atoms with Gasteiger partial charge in [-0.15, -0.1) is 0 Å². The lowest BCUT2D eigenvalue weighted by Gasteiger charge is -2.21. The predicted molar refractivity (Wildman–Crippen MR) is 88.2 cm³/mol. The highest BCUT2D eigenvalue weighted by atomic mass is 16.5. The van der Waals surface area contributed by atoms with Gasteiger partial charge in [-0.2, -0.15) is 0 Å². The molecule has 26 heavy (non-hydrogen) atoms. The zero-order valence-electron chi connectivity index (χ0n) is 14.0. The van der Waals surface area contributed by atoms with Crippen LogP contribution in [0.15, 0.2) is 30.3 Å². The van der Waals surface area contributed by atoms with Crippen molar-refractivity contribution in [2.45, 2.75) is 20.5 Å². The van der Waals surface area contributed by atoms with Crippen molar-refractivity contribution in [2.75, 3.05) is 0 Å². The molecule has 0 atom stereocenters. The summed E-state index contributed by atoms with van der Waals surface area (Å²) in [5.41, 5.74) is 0.212. The summed E-state index contributed by atoms with van der Waals surface area (Å²) in [6.07, 6.45) is 0. The molecule has 1 aliphatic carbocycles. The van der Waals surface area contributed by atoms with Crippen molar-refractivity contribution >= 4 is 23.5 Å². The molecule has 0 aromatic heterocycles. The van der Waals surface area contributed by atoms with Gasteiger partial charge in [-0.1, -0.05) is 12.1 Å². The van der Waals surface area contributed by atoms with Crippen LogP contribution < -0.4 is 4.74 Å². The number of hydrogen-bond acceptors (Lipinski definition) is 7. The minimum Gasteiger partial charge on any atom is -0.507 e. The normalized spacial score (nSPS) is 12.2. The van der Waals surface area contributed by atoms with Crippen LogP contribution in [0.5, 0.6) is 11.5 Å². The first-order valence-corrected chi connectivity index (χ1v) is 7.69. The van der Waals surface area contributed by atoms with Gasteiger partial charge in [0.2, 0.25) is 5.78 Å². The molecule has 0 radical (unpaired) electrons. The zero-order valence-corrected chi connectivity index (χ0v) is 14.0. The fraction of sp³-hybridized carbons (Fsp3) is 0.158. The molecule has 132 valence electrons. The number of ketones is 2. The second-order valence-electron chi connectivity index (χ2n) is 5.75. The van der Waals surface area contributed by atoms with Crippen LogP contribution in [-0.2, 0) is 20.9 Å². The molecule has 1 N–H and O–H groups in total. The van der Waals surface area contributed by atoms with Gasteiger partial charge in [-0.3, -0.25) is 19.2 Å². The summed E-state index contributed by atoms with van der Waals surface area (Å²) in [4.78, 5) is 47.9. The number of esters is 2. The molecular formula is C19H14O7. The van der Waals surface area contributed by atoms with E-state index in [9.17, 15) is 24.3 Å². The Morgan fingerprint density at radius 2 is 1.69 bits per heavy atom. The van der Waals surface area contributed by atoms with E-state index in [4.69, 9.17) is 9.47 Å². The Morgan fingerprint density at radius 1 is 0.962 bits per heavy atom. The molecule has 0 saturated carbocycles. The second-order valence-corrected chi connectivity index (χ2v) is 5.75. The van der Waals surface area contributed by atoms with E-state index in [1.165, 1.54) is 44.2 Å². The number of benzene rings is 2. The maximum atomic E-state index is 12.9. The van der Waals surface area contributed by atoms with E-state index < -0.39 is 29.3 Å². The Morgan fingerprint density at radius 3 is 2.35 bits per heavy atom. The minimum atomic E-state index is -0.634. The Kier molecular flexibility index (Phi) is 4.29. The van der Waals surface area contributed by atoms with Crippen molar-refractivity contribution in [2.24, 2.45) is 0 Å². The van der Waals surface area contributed by atoms with E-state index in [2.05, 4.69) is 0 Å². The van der Waals surface area contributed by atoms with Crippen LogP contribution in [0.2, 0.25) is 0 Å². The van der Waals surface area contributed by atoms with E-state index in [0.717, 1.165) is 0 Å². The molecule has 0 aliphatic heterocycles. The lowest BCUT2D eigenvalue weighted by Crippen LogP contribution is -2.23. The fourth-order valence-corrected chi connectivity index (χ4v) is 2.84. The van der Waals surface area contributed by atoms with E-state index in [-0.39, 0.29) is 34.6 Å². The van der Waals surface area contributed by atoms with Crippen LogP contribution >= 0.6 is 0 Å². The average molecular weight is 354 g/mol. The van der Waals surface area contributed by atoms with Crippen molar-refractivity contribution in [1.29, 1.82) is 0 Å². The van der Waals surface area contributed by atoms with Gasteiger partial charge in [-0.25, -0.2) is 0 Å². The number of rotatable bonds is 3. The quantitative estimate of drug-likeness (QED) is 0.567. The first-order valence-electron chi connectivity index (χ1n) is 7.69. The molecule has 3 rings (SSSR count). The summed E-state index contributed by atoms with van der Waals surface area (Å²) >= 11 is 0. The lowest BCUT2D eigenvalue weighted by molar-refractivity contribution is -0.142. The Hall–Kier alpha value is -3.48. The van der Waals surface area contributed by atoms with Crippen molar-refractivity contribution in [3.8, 4) is 11.5 Å². The first-order chi connectivity index (χ1) is 12.3. The number of phenolic OH excluding ortho intramolecular Hbond substituents is 1. The number of aromatic hydroxyl groups is 1. The maximum absolute atomic E-state index is 12.9. The summed E-state index contributed by atoms with van der Waals surface area (Å²) in [5, 5.41) is 10.3. The molecule has 0 amide bonds. The minimum absolute atomic E-state index is 0.00428. The van der Waals surface area contributed by atoms with Gasteiger partial charge in [0.1, 0.15) is 18.1 Å². The average Bonchev–Trinajstić information content (AvgIpc) is 2.56. The number of fused-ring (bicyclic) bond motifs is 2. The topological polar surface area (TPSA) is 107 Å². The zero-order chi connectivity index (χ0) is 19.0. The van der Waals surface area contributed by atoms with Crippen molar-refractivity contribution in [3.63, 3.8) is 0 Å². The molecule has 0 bridgehead atoms. The first kappa shape index (κ1) is 17.3. The molecule has 7 nitrogen and oxygen atoms in total. The predicted octanol–water partition coefficient (Wildman–Crippen LogP) is 2.16. The maximum Gasteiger partial charge on any atom is 0.308 e. The number of carbonyl (C=O) groups is 4. The van der Waals surface area contributed by atoms with Gasteiger partial charge in [0.15, 0.2) is 5.78 Å². The molecule has 2 aromatic carbocycles. The van der Waals surface area contributed by atoms with Gasteiger partial charge in [-0.05, 0) is 23.8 Å². The standard InChI is InChI=1S/C19H14O7/c1-9(20)25-8-11-6-13-16(14(22)7-11)19(24)17-12(18(13)23)4-3-5-15(17)26-10(2)21/h3-7,22H,8H2,1-2H3. The van der Waals surface area contributed by atoms with Crippen molar-refractivity contribution < 1.29 is 33.8 Å². The van der Waals surface area contributed by atoms with Crippen LogP contribution in [-0.4, -0.2) is 28.6 Å². The van der Waals surface area contributed by atoms with Gasteiger partial charge in [0.05, 0.1) is 11.1 Å². The third-order valence-corrected chi connectivity index (χ3v) is 3.84. The Balaban J connectivity index is 2.13. The number of carbonyl (C=O) groups excluding carboxylic acids is 4. The number of phenols is 1. The highest BCUT2D eigenvalue weighted by molar-refractivity contribution is 6.30. The van der Waals surface area contributed by atoms with Crippen LogP contribution in [0, 0.1) is 0 Å². The summed E-state index contributed by atoms with van der Waals surface area (Å²) in [6, 6.07) is 7.01. The van der Waals surface area contributed by atoms with Gasteiger partial charge < -0.3 is 14.6 Å². The number of hydrogen-bond donors (Lipinski definition) is 1. The molecule has 7 heteroatoms. The van der Waals surface area contributed by atoms with Gasteiger partial charge in [0, 0.05) is 25.0 Å². The summed E-state index contributed by atoms with van der Waals surface area (Å²) in [6.45, 7) is 2.28. The van der Waals surface area contributed by atoms with E-state index in [1.807, 2.05) is 0 Å². The van der Waals surface area contributed by atoms with Crippen molar-refractivity contribution in [3.05, 3.63) is 58.1 Å². The monoisotopic (exact) mass is 354 g/mol.